The third kappa shape index (κ3) is 4.82. The van der Waals surface area contributed by atoms with E-state index in [0.717, 1.165) is 23.2 Å². The lowest BCUT2D eigenvalue weighted by Crippen LogP contribution is -2.29. The second-order valence-electron chi connectivity index (χ2n) is 8.10. The molecule has 3 rings (SSSR count). The molecule has 0 radical (unpaired) electrons. The SMILES string of the molecule is CCc1c(C)c(C(=O)NCCc2ccc(OC)c(OC)c2)n(Cc2ccccc2C)c1C. The van der Waals surface area contributed by atoms with E-state index in [-0.39, 0.29) is 5.91 Å². The summed E-state index contributed by atoms with van der Waals surface area (Å²) in [6.45, 7) is 9.67. The van der Waals surface area contributed by atoms with E-state index in [0.29, 0.717) is 31.0 Å². The van der Waals surface area contributed by atoms with Gasteiger partial charge < -0.3 is 19.4 Å². The van der Waals surface area contributed by atoms with E-state index in [1.165, 1.54) is 22.4 Å². The topological polar surface area (TPSA) is 52.5 Å². The van der Waals surface area contributed by atoms with E-state index in [4.69, 9.17) is 9.47 Å². The fourth-order valence-electron chi connectivity index (χ4n) is 4.36. The Hall–Kier alpha value is -3.21. The van der Waals surface area contributed by atoms with Gasteiger partial charge in [-0.1, -0.05) is 37.3 Å². The molecule has 0 atom stereocenters. The second-order valence-corrected chi connectivity index (χ2v) is 8.10. The first-order valence-electron chi connectivity index (χ1n) is 11.1. The minimum atomic E-state index is -0.0284. The van der Waals surface area contributed by atoms with Crippen LogP contribution in [0.3, 0.4) is 0 Å². The summed E-state index contributed by atoms with van der Waals surface area (Å²) in [6.07, 6.45) is 1.62. The van der Waals surface area contributed by atoms with Crippen molar-refractivity contribution < 1.29 is 14.3 Å². The fraction of sp³-hybridized carbons (Fsp3) is 0.370. The number of carbonyl (C=O) groups excluding carboxylic acids is 1. The molecule has 0 aliphatic rings. The van der Waals surface area contributed by atoms with Gasteiger partial charge in [0, 0.05) is 18.8 Å². The highest BCUT2D eigenvalue weighted by Crippen LogP contribution is 2.28. The van der Waals surface area contributed by atoms with Gasteiger partial charge in [0.05, 0.1) is 14.2 Å². The Balaban J connectivity index is 1.79. The molecule has 0 fully saturated rings. The quantitative estimate of drug-likeness (QED) is 0.515. The summed E-state index contributed by atoms with van der Waals surface area (Å²) in [5, 5.41) is 3.13. The Kier molecular flexibility index (Phi) is 7.62. The first-order valence-corrected chi connectivity index (χ1v) is 11.1. The molecule has 5 heteroatoms. The van der Waals surface area contributed by atoms with Gasteiger partial charge in [0.25, 0.3) is 5.91 Å². The number of nitrogens with zero attached hydrogens (tertiary/aromatic N) is 1. The molecular formula is C27H34N2O3. The summed E-state index contributed by atoms with van der Waals surface area (Å²) in [6, 6.07) is 14.2. The molecule has 0 bridgehead atoms. The number of aryl methyl sites for hydroxylation is 1. The average molecular weight is 435 g/mol. The Morgan fingerprint density at radius 3 is 2.38 bits per heavy atom. The van der Waals surface area contributed by atoms with Gasteiger partial charge in [0.1, 0.15) is 5.69 Å². The van der Waals surface area contributed by atoms with E-state index in [1.54, 1.807) is 14.2 Å². The molecule has 3 aromatic rings. The zero-order chi connectivity index (χ0) is 23.3. The number of ether oxygens (including phenoxy) is 2. The Bertz CT molecular complexity index is 1100. The van der Waals surface area contributed by atoms with Crippen LogP contribution in [0.4, 0.5) is 0 Å². The number of aromatic nitrogens is 1. The number of benzene rings is 2. The van der Waals surface area contributed by atoms with E-state index in [2.05, 4.69) is 55.8 Å². The van der Waals surface area contributed by atoms with Crippen molar-refractivity contribution in [2.45, 2.75) is 47.1 Å². The van der Waals surface area contributed by atoms with E-state index in [9.17, 15) is 4.79 Å². The van der Waals surface area contributed by atoms with Crippen LogP contribution in [0.2, 0.25) is 0 Å². The summed E-state index contributed by atoms with van der Waals surface area (Å²) >= 11 is 0. The van der Waals surface area contributed by atoms with Crippen molar-refractivity contribution in [2.75, 3.05) is 20.8 Å². The van der Waals surface area contributed by atoms with Gasteiger partial charge in [-0.25, -0.2) is 0 Å². The molecule has 0 aliphatic heterocycles. The van der Waals surface area contributed by atoms with Gasteiger partial charge in [-0.15, -0.1) is 0 Å². The van der Waals surface area contributed by atoms with Gasteiger partial charge >= 0.3 is 0 Å². The summed E-state index contributed by atoms with van der Waals surface area (Å²) in [5.41, 5.74) is 7.79. The third-order valence-corrected chi connectivity index (χ3v) is 6.22. The highest BCUT2D eigenvalue weighted by Gasteiger charge is 2.22. The minimum absolute atomic E-state index is 0.0284. The van der Waals surface area contributed by atoms with E-state index < -0.39 is 0 Å². The molecule has 0 unspecified atom stereocenters. The molecule has 0 saturated heterocycles. The lowest BCUT2D eigenvalue weighted by atomic mass is 10.1. The molecule has 5 nitrogen and oxygen atoms in total. The van der Waals surface area contributed by atoms with Crippen molar-refractivity contribution in [1.29, 1.82) is 0 Å². The van der Waals surface area contributed by atoms with Crippen molar-refractivity contribution in [3.05, 3.63) is 81.7 Å². The number of carbonyl (C=O) groups is 1. The summed E-state index contributed by atoms with van der Waals surface area (Å²) in [4.78, 5) is 13.3. The lowest BCUT2D eigenvalue weighted by molar-refractivity contribution is 0.0944. The number of hydrogen-bond acceptors (Lipinski definition) is 3. The average Bonchev–Trinajstić information content (AvgIpc) is 3.03. The summed E-state index contributed by atoms with van der Waals surface area (Å²) in [7, 11) is 3.25. The van der Waals surface area contributed by atoms with Crippen molar-refractivity contribution in [3.63, 3.8) is 0 Å². The molecule has 0 saturated carbocycles. The van der Waals surface area contributed by atoms with Crippen molar-refractivity contribution >= 4 is 5.91 Å². The lowest BCUT2D eigenvalue weighted by Gasteiger charge is -2.15. The van der Waals surface area contributed by atoms with Gasteiger partial charge in [-0.05, 0) is 73.6 Å². The maximum absolute atomic E-state index is 13.3. The smallest absolute Gasteiger partial charge is 0.268 e. The Morgan fingerprint density at radius 1 is 1.00 bits per heavy atom. The zero-order valence-corrected chi connectivity index (χ0v) is 20.0. The molecule has 1 heterocycles. The molecule has 1 aromatic heterocycles. The van der Waals surface area contributed by atoms with Crippen molar-refractivity contribution in [2.24, 2.45) is 0 Å². The molecule has 32 heavy (non-hydrogen) atoms. The van der Waals surface area contributed by atoms with Crippen molar-refractivity contribution in [3.8, 4) is 11.5 Å². The van der Waals surface area contributed by atoms with Gasteiger partial charge in [-0.2, -0.15) is 0 Å². The van der Waals surface area contributed by atoms with Gasteiger partial charge in [-0.3, -0.25) is 4.79 Å². The molecule has 170 valence electrons. The van der Waals surface area contributed by atoms with Gasteiger partial charge in [0.2, 0.25) is 0 Å². The minimum Gasteiger partial charge on any atom is -0.493 e. The van der Waals surface area contributed by atoms with Crippen LogP contribution >= 0.6 is 0 Å². The monoisotopic (exact) mass is 434 g/mol. The predicted octanol–water partition coefficient (Wildman–Crippen LogP) is 5.01. The maximum atomic E-state index is 13.3. The van der Waals surface area contributed by atoms with Crippen LogP contribution in [0, 0.1) is 20.8 Å². The van der Waals surface area contributed by atoms with Crippen LogP contribution < -0.4 is 14.8 Å². The predicted molar refractivity (Wildman–Crippen MR) is 129 cm³/mol. The zero-order valence-electron chi connectivity index (χ0n) is 20.0. The number of nitrogens with one attached hydrogen (secondary N) is 1. The van der Waals surface area contributed by atoms with Crippen LogP contribution in [0.25, 0.3) is 0 Å². The third-order valence-electron chi connectivity index (χ3n) is 6.22. The highest BCUT2D eigenvalue weighted by atomic mass is 16.5. The largest absolute Gasteiger partial charge is 0.493 e. The summed E-state index contributed by atoms with van der Waals surface area (Å²) < 4.78 is 12.9. The fourth-order valence-corrected chi connectivity index (χ4v) is 4.36. The summed E-state index contributed by atoms with van der Waals surface area (Å²) in [5.74, 6) is 1.37. The van der Waals surface area contributed by atoms with Gasteiger partial charge in [0.15, 0.2) is 11.5 Å². The maximum Gasteiger partial charge on any atom is 0.268 e. The molecule has 0 aliphatic carbocycles. The first kappa shape index (κ1) is 23.5. The second kappa shape index (κ2) is 10.4. The van der Waals surface area contributed by atoms with E-state index >= 15 is 0 Å². The van der Waals surface area contributed by atoms with Crippen LogP contribution in [0.5, 0.6) is 11.5 Å². The highest BCUT2D eigenvalue weighted by molar-refractivity contribution is 5.95. The van der Waals surface area contributed by atoms with Crippen LogP contribution in [0.15, 0.2) is 42.5 Å². The molecule has 1 N–H and O–H groups in total. The molecular weight excluding hydrogens is 400 g/mol. The van der Waals surface area contributed by atoms with E-state index in [1.807, 2.05) is 24.3 Å². The number of hydrogen-bond donors (Lipinski definition) is 1. The number of amides is 1. The number of methoxy groups -OCH3 is 2. The Labute approximate surface area is 191 Å². The number of rotatable bonds is 9. The molecule has 0 spiro atoms. The normalized spacial score (nSPS) is 10.8. The van der Waals surface area contributed by atoms with Crippen molar-refractivity contribution in [1.82, 2.24) is 9.88 Å². The Morgan fingerprint density at radius 2 is 1.72 bits per heavy atom. The molecule has 2 aromatic carbocycles. The first-order chi connectivity index (χ1) is 15.4. The van der Waals surface area contributed by atoms with Crippen LogP contribution in [-0.4, -0.2) is 31.2 Å². The van der Waals surface area contributed by atoms with Crippen LogP contribution in [-0.2, 0) is 19.4 Å². The molecule has 1 amide bonds. The standard InChI is InChI=1S/C27H34N2O3/c1-7-23-19(3)26(29(20(23)4)17-22-11-9-8-10-18(22)2)27(30)28-15-14-21-12-13-24(31-5)25(16-21)32-6/h8-13,16H,7,14-15,17H2,1-6H3,(H,28,30). The van der Waals surface area contributed by atoms with Crippen LogP contribution in [0.1, 0.15) is 50.9 Å².